The van der Waals surface area contributed by atoms with Crippen LogP contribution in [0.4, 0.5) is 0 Å². The summed E-state index contributed by atoms with van der Waals surface area (Å²) in [5.74, 6) is 1.36. The van der Waals surface area contributed by atoms with Gasteiger partial charge in [-0.25, -0.2) is 0 Å². The Morgan fingerprint density at radius 2 is 2.00 bits per heavy atom. The molecule has 0 N–H and O–H groups in total. The lowest BCUT2D eigenvalue weighted by Crippen LogP contribution is -2.40. The van der Waals surface area contributed by atoms with E-state index in [1.165, 1.54) is 38.5 Å². The van der Waals surface area contributed by atoms with Gasteiger partial charge in [0.15, 0.2) is 0 Å². The topological polar surface area (TPSA) is 59.2 Å². The van der Waals surface area contributed by atoms with E-state index >= 15 is 0 Å². The van der Waals surface area contributed by atoms with Crippen LogP contribution in [0.25, 0.3) is 11.5 Å². The molecule has 2 aromatic heterocycles. The second-order valence-corrected chi connectivity index (χ2v) is 7.26. The highest BCUT2D eigenvalue weighted by atomic mass is 32.1. The second kappa shape index (κ2) is 6.43. The van der Waals surface area contributed by atoms with Crippen molar-refractivity contribution >= 4 is 17.2 Å². The second-order valence-electron chi connectivity index (χ2n) is 6.48. The molecular weight excluding hydrogens is 310 g/mol. The monoisotopic (exact) mass is 331 g/mol. The minimum Gasteiger partial charge on any atom is -0.421 e. The smallest absolute Gasteiger partial charge is 0.248 e. The largest absolute Gasteiger partial charge is 0.421 e. The normalized spacial score (nSPS) is 18.4. The van der Waals surface area contributed by atoms with Crippen molar-refractivity contribution in [2.24, 2.45) is 0 Å². The molecule has 0 aromatic carbocycles. The molecule has 0 radical (unpaired) electrons. The maximum absolute atomic E-state index is 12.7. The lowest BCUT2D eigenvalue weighted by Gasteiger charge is -2.29. The average molecular weight is 331 g/mol. The summed E-state index contributed by atoms with van der Waals surface area (Å²) in [5, 5.41) is 12.1. The molecule has 1 amide bonds. The summed E-state index contributed by atoms with van der Waals surface area (Å²) in [7, 11) is 0. The van der Waals surface area contributed by atoms with Gasteiger partial charge in [0.2, 0.25) is 17.7 Å². The fourth-order valence-electron chi connectivity index (χ4n) is 3.44. The van der Waals surface area contributed by atoms with Crippen molar-refractivity contribution in [3.63, 3.8) is 0 Å². The number of aromatic nitrogens is 2. The third-order valence-electron chi connectivity index (χ3n) is 4.73. The molecule has 5 nitrogen and oxygen atoms in total. The van der Waals surface area contributed by atoms with E-state index in [-0.39, 0.29) is 5.91 Å². The van der Waals surface area contributed by atoms with Gasteiger partial charge in [0.25, 0.3) is 0 Å². The Labute approximate surface area is 139 Å². The molecule has 0 atom stereocenters. The van der Waals surface area contributed by atoms with E-state index in [0.717, 1.165) is 5.56 Å². The number of amides is 1. The minimum atomic E-state index is 0.259. The SMILES string of the molecule is O=C(CCc1nnc(-c2ccsc2)o1)N(C1CCCC1)C1CC1. The van der Waals surface area contributed by atoms with Crippen LogP contribution in [0.5, 0.6) is 0 Å². The molecule has 0 saturated heterocycles. The van der Waals surface area contributed by atoms with Crippen molar-refractivity contribution in [2.45, 2.75) is 63.5 Å². The minimum absolute atomic E-state index is 0.259. The molecule has 0 bridgehead atoms. The van der Waals surface area contributed by atoms with Gasteiger partial charge in [-0.05, 0) is 37.1 Å². The molecule has 6 heteroatoms. The molecule has 2 saturated carbocycles. The molecule has 4 rings (SSSR count). The maximum Gasteiger partial charge on any atom is 0.248 e. The molecule has 2 aliphatic carbocycles. The number of hydrogen-bond acceptors (Lipinski definition) is 5. The number of aryl methyl sites for hydroxylation is 1. The van der Waals surface area contributed by atoms with Crippen LogP contribution >= 0.6 is 11.3 Å². The maximum atomic E-state index is 12.7. The van der Waals surface area contributed by atoms with Crippen LogP contribution in [0.15, 0.2) is 21.2 Å². The number of carbonyl (C=O) groups excluding carboxylic acids is 1. The van der Waals surface area contributed by atoms with Crippen LogP contribution in [0, 0.1) is 0 Å². The first-order valence-corrected chi connectivity index (χ1v) is 9.41. The van der Waals surface area contributed by atoms with E-state index < -0.39 is 0 Å². The van der Waals surface area contributed by atoms with Gasteiger partial charge >= 0.3 is 0 Å². The average Bonchev–Trinajstić information content (AvgIpc) is 3.05. The fraction of sp³-hybridized carbons (Fsp3) is 0.588. The van der Waals surface area contributed by atoms with E-state index in [1.54, 1.807) is 11.3 Å². The first kappa shape index (κ1) is 14.9. The van der Waals surface area contributed by atoms with Gasteiger partial charge in [-0.2, -0.15) is 11.3 Å². The molecule has 0 unspecified atom stereocenters. The summed E-state index contributed by atoms with van der Waals surface area (Å²) < 4.78 is 5.67. The summed E-state index contributed by atoms with van der Waals surface area (Å²) in [6, 6.07) is 2.93. The highest BCUT2D eigenvalue weighted by Crippen LogP contribution is 2.35. The zero-order valence-electron chi connectivity index (χ0n) is 13.1. The van der Waals surface area contributed by atoms with Crippen LogP contribution in [0.2, 0.25) is 0 Å². The Balaban J connectivity index is 1.37. The van der Waals surface area contributed by atoms with Gasteiger partial charge in [-0.1, -0.05) is 12.8 Å². The van der Waals surface area contributed by atoms with Gasteiger partial charge in [0.1, 0.15) is 0 Å². The predicted molar refractivity (Wildman–Crippen MR) is 88.1 cm³/mol. The fourth-order valence-corrected chi connectivity index (χ4v) is 4.07. The Kier molecular flexibility index (Phi) is 4.16. The lowest BCUT2D eigenvalue weighted by molar-refractivity contribution is -0.134. The molecule has 2 aromatic rings. The molecule has 2 fully saturated rings. The summed E-state index contributed by atoms with van der Waals surface area (Å²) in [6.07, 6.45) is 8.21. The molecule has 0 aliphatic heterocycles. The Morgan fingerprint density at radius 3 is 2.70 bits per heavy atom. The van der Waals surface area contributed by atoms with Crippen molar-refractivity contribution < 1.29 is 9.21 Å². The van der Waals surface area contributed by atoms with Crippen LogP contribution < -0.4 is 0 Å². The summed E-state index contributed by atoms with van der Waals surface area (Å²) in [6.45, 7) is 0. The molecule has 2 aliphatic rings. The molecule has 122 valence electrons. The number of hydrogen-bond donors (Lipinski definition) is 0. The van der Waals surface area contributed by atoms with Crippen LogP contribution in [-0.4, -0.2) is 33.1 Å². The van der Waals surface area contributed by atoms with Gasteiger partial charge in [-0.3, -0.25) is 4.79 Å². The van der Waals surface area contributed by atoms with Crippen molar-refractivity contribution in [1.82, 2.24) is 15.1 Å². The number of carbonyl (C=O) groups is 1. The first-order valence-electron chi connectivity index (χ1n) is 8.47. The standard InChI is InChI=1S/C17H21N3O2S/c21-16(20(14-5-6-14)13-3-1-2-4-13)8-7-15-18-19-17(22-15)12-9-10-23-11-12/h9-11,13-14H,1-8H2. The van der Waals surface area contributed by atoms with Crippen molar-refractivity contribution in [1.29, 1.82) is 0 Å². The number of nitrogens with zero attached hydrogens (tertiary/aromatic N) is 3. The third kappa shape index (κ3) is 3.32. The molecule has 23 heavy (non-hydrogen) atoms. The van der Waals surface area contributed by atoms with E-state index in [0.29, 0.717) is 36.7 Å². The Bertz CT molecular complexity index is 657. The van der Waals surface area contributed by atoms with Gasteiger partial charge in [-0.15, -0.1) is 10.2 Å². The predicted octanol–water partition coefficient (Wildman–Crippen LogP) is 3.66. The summed E-state index contributed by atoms with van der Waals surface area (Å²) in [4.78, 5) is 14.8. The van der Waals surface area contributed by atoms with Crippen LogP contribution in [0.1, 0.15) is 50.8 Å². The number of thiophene rings is 1. The van der Waals surface area contributed by atoms with Crippen LogP contribution in [-0.2, 0) is 11.2 Å². The zero-order chi connectivity index (χ0) is 15.6. The van der Waals surface area contributed by atoms with E-state index in [2.05, 4.69) is 15.1 Å². The van der Waals surface area contributed by atoms with E-state index in [9.17, 15) is 4.79 Å². The van der Waals surface area contributed by atoms with Crippen LogP contribution in [0.3, 0.4) is 0 Å². The van der Waals surface area contributed by atoms with Gasteiger partial charge in [0.05, 0.1) is 0 Å². The Hall–Kier alpha value is -1.69. The zero-order valence-corrected chi connectivity index (χ0v) is 13.9. The number of rotatable bonds is 6. The van der Waals surface area contributed by atoms with Crippen molar-refractivity contribution in [3.8, 4) is 11.5 Å². The molecular formula is C17H21N3O2S. The van der Waals surface area contributed by atoms with Gasteiger partial charge in [0, 0.05) is 35.9 Å². The quantitative estimate of drug-likeness (QED) is 0.810. The van der Waals surface area contributed by atoms with Crippen molar-refractivity contribution in [2.75, 3.05) is 0 Å². The highest BCUT2D eigenvalue weighted by Gasteiger charge is 2.38. The molecule has 0 spiro atoms. The third-order valence-corrected chi connectivity index (χ3v) is 5.42. The van der Waals surface area contributed by atoms with Crippen molar-refractivity contribution in [3.05, 3.63) is 22.7 Å². The van der Waals surface area contributed by atoms with Gasteiger partial charge < -0.3 is 9.32 Å². The van der Waals surface area contributed by atoms with E-state index in [1.807, 2.05) is 16.8 Å². The summed E-state index contributed by atoms with van der Waals surface area (Å²) >= 11 is 1.60. The molecule has 2 heterocycles. The lowest BCUT2D eigenvalue weighted by atomic mass is 10.1. The van der Waals surface area contributed by atoms with E-state index in [4.69, 9.17) is 4.42 Å². The Morgan fingerprint density at radius 1 is 1.22 bits per heavy atom. The first-order chi connectivity index (χ1) is 11.3. The summed E-state index contributed by atoms with van der Waals surface area (Å²) in [5.41, 5.74) is 0.950. The highest BCUT2D eigenvalue weighted by molar-refractivity contribution is 7.08.